The van der Waals surface area contributed by atoms with Crippen LogP contribution in [0.25, 0.3) is 0 Å². The van der Waals surface area contributed by atoms with E-state index < -0.39 is 5.97 Å². The van der Waals surface area contributed by atoms with Crippen LogP contribution in [0.2, 0.25) is 0 Å². The number of carboxylic acid groups (broad SMARTS) is 1. The summed E-state index contributed by atoms with van der Waals surface area (Å²) in [6.07, 6.45) is 0. The number of likely N-dealkylation sites (N-methyl/N-ethyl adjacent to an activating group) is 1. The van der Waals surface area contributed by atoms with E-state index >= 15 is 0 Å². The summed E-state index contributed by atoms with van der Waals surface area (Å²) < 4.78 is 0. The Labute approximate surface area is 112 Å². The summed E-state index contributed by atoms with van der Waals surface area (Å²) in [6.45, 7) is 5.97. The number of carbonyl (C=O) groups excluding carboxylic acids is 2. The van der Waals surface area contributed by atoms with Crippen molar-refractivity contribution in [2.45, 2.75) is 13.8 Å². The highest BCUT2D eigenvalue weighted by molar-refractivity contribution is 5.80. The van der Waals surface area contributed by atoms with Crippen LogP contribution in [-0.4, -0.2) is 83.4 Å². The number of aliphatic carboxylic acids is 1. The maximum absolute atomic E-state index is 12.0. The van der Waals surface area contributed by atoms with Gasteiger partial charge in [-0.25, -0.2) is 0 Å². The molecular formula is C12H21N3O4. The van der Waals surface area contributed by atoms with Gasteiger partial charge in [0.05, 0.1) is 13.1 Å². The van der Waals surface area contributed by atoms with Crippen LogP contribution in [-0.2, 0) is 14.4 Å². The highest BCUT2D eigenvalue weighted by atomic mass is 16.4. The van der Waals surface area contributed by atoms with Crippen molar-refractivity contribution in [3.8, 4) is 0 Å². The van der Waals surface area contributed by atoms with Gasteiger partial charge in [0.25, 0.3) is 0 Å². The number of hydrogen-bond acceptors (Lipinski definition) is 4. The Kier molecular flexibility index (Phi) is 5.75. The van der Waals surface area contributed by atoms with Gasteiger partial charge in [-0.2, -0.15) is 0 Å². The van der Waals surface area contributed by atoms with Crippen LogP contribution in [0.4, 0.5) is 0 Å². The Morgan fingerprint density at radius 1 is 1.05 bits per heavy atom. The van der Waals surface area contributed by atoms with E-state index in [0.717, 1.165) is 0 Å². The fraction of sp³-hybridized carbons (Fsp3) is 0.750. The smallest absolute Gasteiger partial charge is 0.317 e. The molecule has 1 aliphatic heterocycles. The van der Waals surface area contributed by atoms with E-state index in [4.69, 9.17) is 5.11 Å². The summed E-state index contributed by atoms with van der Waals surface area (Å²) in [5, 5.41) is 8.72. The van der Waals surface area contributed by atoms with Crippen molar-refractivity contribution in [3.63, 3.8) is 0 Å². The molecule has 19 heavy (non-hydrogen) atoms. The zero-order chi connectivity index (χ0) is 14.4. The normalized spacial score (nSPS) is 15.7. The molecule has 0 aromatic heterocycles. The number of carboxylic acids is 1. The maximum Gasteiger partial charge on any atom is 0.317 e. The van der Waals surface area contributed by atoms with E-state index in [9.17, 15) is 14.4 Å². The minimum atomic E-state index is -0.934. The van der Waals surface area contributed by atoms with Gasteiger partial charge in [0.2, 0.25) is 11.8 Å². The zero-order valence-corrected chi connectivity index (χ0v) is 11.5. The molecule has 0 radical (unpaired) electrons. The van der Waals surface area contributed by atoms with Gasteiger partial charge in [-0.1, -0.05) is 6.92 Å². The molecular weight excluding hydrogens is 250 g/mol. The predicted octanol–water partition coefficient (Wildman–Crippen LogP) is -0.916. The van der Waals surface area contributed by atoms with Crippen molar-refractivity contribution in [1.82, 2.24) is 14.7 Å². The molecule has 0 unspecified atom stereocenters. The summed E-state index contributed by atoms with van der Waals surface area (Å²) >= 11 is 0. The Morgan fingerprint density at radius 3 is 2.00 bits per heavy atom. The Hall–Kier alpha value is -1.63. The van der Waals surface area contributed by atoms with Crippen molar-refractivity contribution in [3.05, 3.63) is 0 Å². The van der Waals surface area contributed by atoms with Crippen molar-refractivity contribution in [2.75, 3.05) is 45.8 Å². The first-order chi connectivity index (χ1) is 8.93. The number of nitrogens with zero attached hydrogens (tertiary/aromatic N) is 3. The molecule has 1 N–H and O–H groups in total. The molecule has 0 bridgehead atoms. The molecule has 0 atom stereocenters. The average molecular weight is 271 g/mol. The van der Waals surface area contributed by atoms with E-state index in [-0.39, 0.29) is 24.9 Å². The molecule has 0 aromatic carbocycles. The lowest BCUT2D eigenvalue weighted by Gasteiger charge is -2.35. The van der Waals surface area contributed by atoms with Gasteiger partial charge in [-0.3, -0.25) is 19.3 Å². The standard InChI is InChI=1S/C12H21N3O4/c1-3-13(9-12(18)19)8-11(17)15-6-4-14(5-7-15)10(2)16/h3-9H2,1-2H3,(H,18,19). The van der Waals surface area contributed by atoms with Crippen LogP contribution in [0.3, 0.4) is 0 Å². The van der Waals surface area contributed by atoms with E-state index in [1.54, 1.807) is 14.7 Å². The summed E-state index contributed by atoms with van der Waals surface area (Å²) in [4.78, 5) is 38.8. The van der Waals surface area contributed by atoms with E-state index in [1.165, 1.54) is 6.92 Å². The maximum atomic E-state index is 12.0. The van der Waals surface area contributed by atoms with E-state index in [1.807, 2.05) is 6.92 Å². The fourth-order valence-corrected chi connectivity index (χ4v) is 2.03. The highest BCUT2D eigenvalue weighted by Crippen LogP contribution is 2.03. The first-order valence-corrected chi connectivity index (χ1v) is 6.41. The monoisotopic (exact) mass is 271 g/mol. The van der Waals surface area contributed by atoms with Crippen LogP contribution in [0.5, 0.6) is 0 Å². The average Bonchev–Trinajstić information content (AvgIpc) is 2.37. The largest absolute Gasteiger partial charge is 0.480 e. The summed E-state index contributed by atoms with van der Waals surface area (Å²) in [5.74, 6) is -0.990. The third-order valence-electron chi connectivity index (χ3n) is 3.24. The predicted molar refractivity (Wildman–Crippen MR) is 68.6 cm³/mol. The van der Waals surface area contributed by atoms with Crippen molar-refractivity contribution < 1.29 is 19.5 Å². The second kappa shape index (κ2) is 7.08. The van der Waals surface area contributed by atoms with Gasteiger partial charge >= 0.3 is 5.97 Å². The Bertz CT molecular complexity index is 351. The van der Waals surface area contributed by atoms with Gasteiger partial charge in [0.15, 0.2) is 0 Å². The molecule has 108 valence electrons. The molecule has 7 nitrogen and oxygen atoms in total. The van der Waals surface area contributed by atoms with Crippen molar-refractivity contribution in [1.29, 1.82) is 0 Å². The summed E-state index contributed by atoms with van der Waals surface area (Å²) in [7, 11) is 0. The third kappa shape index (κ3) is 4.86. The van der Waals surface area contributed by atoms with Crippen LogP contribution in [0.15, 0.2) is 0 Å². The molecule has 0 saturated carbocycles. The molecule has 0 aromatic rings. The van der Waals surface area contributed by atoms with Gasteiger partial charge in [0.1, 0.15) is 0 Å². The molecule has 1 fully saturated rings. The highest BCUT2D eigenvalue weighted by Gasteiger charge is 2.23. The van der Waals surface area contributed by atoms with Gasteiger partial charge in [-0.15, -0.1) is 0 Å². The topological polar surface area (TPSA) is 81.2 Å². The molecule has 0 spiro atoms. The van der Waals surface area contributed by atoms with Crippen molar-refractivity contribution in [2.24, 2.45) is 0 Å². The minimum absolute atomic E-state index is 0.0214. The number of carbonyl (C=O) groups is 3. The molecule has 1 saturated heterocycles. The van der Waals surface area contributed by atoms with Gasteiger partial charge in [-0.05, 0) is 6.54 Å². The van der Waals surface area contributed by atoms with Crippen LogP contribution < -0.4 is 0 Å². The number of rotatable bonds is 5. The lowest BCUT2D eigenvalue weighted by Crippen LogP contribution is -2.52. The lowest BCUT2D eigenvalue weighted by molar-refractivity contribution is -0.142. The van der Waals surface area contributed by atoms with Crippen LogP contribution in [0.1, 0.15) is 13.8 Å². The minimum Gasteiger partial charge on any atom is -0.480 e. The van der Waals surface area contributed by atoms with E-state index in [0.29, 0.717) is 32.7 Å². The molecule has 7 heteroatoms. The molecule has 1 aliphatic rings. The number of amides is 2. The SMILES string of the molecule is CCN(CC(=O)O)CC(=O)N1CCN(C(C)=O)CC1. The Morgan fingerprint density at radius 2 is 1.58 bits per heavy atom. The van der Waals surface area contributed by atoms with Crippen LogP contribution >= 0.6 is 0 Å². The third-order valence-corrected chi connectivity index (χ3v) is 3.24. The first-order valence-electron chi connectivity index (χ1n) is 6.41. The molecule has 0 aliphatic carbocycles. The summed E-state index contributed by atoms with van der Waals surface area (Å²) in [6, 6.07) is 0. The second-order valence-corrected chi connectivity index (χ2v) is 4.58. The zero-order valence-electron chi connectivity index (χ0n) is 11.5. The number of hydrogen-bond donors (Lipinski definition) is 1. The Balaban J connectivity index is 2.42. The van der Waals surface area contributed by atoms with Gasteiger partial charge in [0, 0.05) is 33.1 Å². The molecule has 2 amide bonds. The van der Waals surface area contributed by atoms with Gasteiger partial charge < -0.3 is 14.9 Å². The lowest BCUT2D eigenvalue weighted by atomic mass is 10.3. The number of piperazine rings is 1. The molecule has 1 rings (SSSR count). The van der Waals surface area contributed by atoms with E-state index in [2.05, 4.69) is 0 Å². The van der Waals surface area contributed by atoms with Crippen molar-refractivity contribution >= 4 is 17.8 Å². The second-order valence-electron chi connectivity index (χ2n) is 4.58. The molecule has 1 heterocycles. The first kappa shape index (κ1) is 15.4. The quantitative estimate of drug-likeness (QED) is 0.699. The fourth-order valence-electron chi connectivity index (χ4n) is 2.03. The summed E-state index contributed by atoms with van der Waals surface area (Å²) in [5.41, 5.74) is 0. The van der Waals surface area contributed by atoms with Crippen LogP contribution in [0, 0.1) is 0 Å².